The van der Waals surface area contributed by atoms with Gasteiger partial charge >= 0.3 is 6.18 Å². The van der Waals surface area contributed by atoms with Crippen LogP contribution in [0, 0.1) is 17.8 Å². The maximum Gasteiger partial charge on any atom is 0.395 e. The highest BCUT2D eigenvalue weighted by atomic mass is 19.4. The number of halogens is 3. The molecule has 1 aliphatic carbocycles. The molecule has 1 aliphatic rings. The van der Waals surface area contributed by atoms with Crippen molar-refractivity contribution in [1.82, 2.24) is 0 Å². The van der Waals surface area contributed by atoms with E-state index in [0.29, 0.717) is 5.57 Å². The second-order valence-corrected chi connectivity index (χ2v) is 2.78. The smallest absolute Gasteiger partial charge is 0.170 e. The van der Waals surface area contributed by atoms with Crippen LogP contribution in [-0.2, 0) is 0 Å². The van der Waals surface area contributed by atoms with E-state index >= 15 is 0 Å². The molecular weight excluding hydrogens is 177 g/mol. The minimum Gasteiger partial charge on any atom is -0.170 e. The van der Waals surface area contributed by atoms with E-state index in [4.69, 9.17) is 0 Å². The molecule has 70 valence electrons. The molecule has 0 saturated carbocycles. The first kappa shape index (κ1) is 9.91. The molecule has 1 atom stereocenters. The van der Waals surface area contributed by atoms with Crippen molar-refractivity contribution in [2.75, 3.05) is 0 Å². The van der Waals surface area contributed by atoms with E-state index in [1.807, 2.05) is 0 Å². The Morgan fingerprint density at radius 2 is 2.15 bits per heavy atom. The van der Waals surface area contributed by atoms with Crippen molar-refractivity contribution in [3.05, 3.63) is 23.8 Å². The molecule has 0 aromatic carbocycles. The molecule has 0 amide bonds. The summed E-state index contributed by atoms with van der Waals surface area (Å²) in [7, 11) is 0. The fourth-order valence-electron chi connectivity index (χ4n) is 1.10. The summed E-state index contributed by atoms with van der Waals surface area (Å²) in [6.45, 7) is 1.66. The van der Waals surface area contributed by atoms with Crippen LogP contribution in [0.25, 0.3) is 0 Å². The van der Waals surface area contributed by atoms with Gasteiger partial charge in [0.1, 0.15) is 0 Å². The highest BCUT2D eigenvalue weighted by Gasteiger charge is 2.37. The summed E-state index contributed by atoms with van der Waals surface area (Å²) in [4.78, 5) is 0. The second-order valence-electron chi connectivity index (χ2n) is 2.78. The van der Waals surface area contributed by atoms with Gasteiger partial charge in [-0.25, -0.2) is 0 Å². The van der Waals surface area contributed by atoms with Crippen molar-refractivity contribution in [3.63, 3.8) is 0 Å². The monoisotopic (exact) mass is 186 g/mol. The van der Waals surface area contributed by atoms with E-state index < -0.39 is 12.1 Å². The standard InChI is InChI=1S/C10H9F3/c1-2-3-8-4-6-9(7-5-8)10(11,12)13/h4-6,9H,7H2,1H3. The molecule has 13 heavy (non-hydrogen) atoms. The van der Waals surface area contributed by atoms with Crippen LogP contribution in [0.3, 0.4) is 0 Å². The van der Waals surface area contributed by atoms with Gasteiger partial charge in [0.2, 0.25) is 0 Å². The summed E-state index contributed by atoms with van der Waals surface area (Å²) in [5.74, 6) is 4.02. The predicted molar refractivity (Wildman–Crippen MR) is 44.8 cm³/mol. The van der Waals surface area contributed by atoms with E-state index in [0.717, 1.165) is 0 Å². The van der Waals surface area contributed by atoms with Gasteiger partial charge in [-0.1, -0.05) is 24.1 Å². The molecule has 1 rings (SSSR count). The lowest BCUT2D eigenvalue weighted by Crippen LogP contribution is -2.21. The zero-order valence-electron chi connectivity index (χ0n) is 7.15. The van der Waals surface area contributed by atoms with Gasteiger partial charge in [0.25, 0.3) is 0 Å². The van der Waals surface area contributed by atoms with Crippen molar-refractivity contribution >= 4 is 0 Å². The Bertz CT molecular complexity index is 296. The number of hydrogen-bond donors (Lipinski definition) is 0. The third-order valence-electron chi connectivity index (χ3n) is 1.79. The van der Waals surface area contributed by atoms with Crippen molar-refractivity contribution in [2.45, 2.75) is 19.5 Å². The minimum absolute atomic E-state index is 0.00398. The van der Waals surface area contributed by atoms with Crippen LogP contribution in [0.5, 0.6) is 0 Å². The normalized spacial score (nSPS) is 21.8. The third kappa shape index (κ3) is 2.66. The van der Waals surface area contributed by atoms with Crippen molar-refractivity contribution < 1.29 is 13.2 Å². The Balaban J connectivity index is 2.67. The van der Waals surface area contributed by atoms with E-state index in [1.54, 1.807) is 6.92 Å². The number of hydrogen-bond acceptors (Lipinski definition) is 0. The quantitative estimate of drug-likeness (QED) is 0.510. The van der Waals surface area contributed by atoms with Crippen LogP contribution in [-0.4, -0.2) is 6.18 Å². The number of allylic oxidation sites excluding steroid dienone is 4. The molecule has 0 nitrogen and oxygen atoms in total. The average molecular weight is 186 g/mol. The van der Waals surface area contributed by atoms with Gasteiger partial charge in [0.15, 0.2) is 0 Å². The molecule has 0 aromatic rings. The molecule has 0 radical (unpaired) electrons. The lowest BCUT2D eigenvalue weighted by atomic mass is 9.96. The lowest BCUT2D eigenvalue weighted by Gasteiger charge is -2.17. The van der Waals surface area contributed by atoms with Crippen LogP contribution in [0.2, 0.25) is 0 Å². The molecule has 0 fully saturated rings. The van der Waals surface area contributed by atoms with Gasteiger partial charge in [-0.3, -0.25) is 0 Å². The first-order valence-electron chi connectivity index (χ1n) is 3.92. The fraction of sp³-hybridized carbons (Fsp3) is 0.400. The maximum atomic E-state index is 12.1. The molecule has 0 bridgehead atoms. The predicted octanol–water partition coefficient (Wildman–Crippen LogP) is 3.07. The first-order valence-corrected chi connectivity index (χ1v) is 3.92. The molecule has 0 aromatic heterocycles. The molecule has 0 heterocycles. The first-order chi connectivity index (χ1) is 6.04. The highest BCUT2D eigenvalue weighted by Crippen LogP contribution is 2.32. The zero-order valence-corrected chi connectivity index (χ0v) is 7.15. The Kier molecular flexibility index (Phi) is 2.82. The van der Waals surface area contributed by atoms with Gasteiger partial charge in [0.05, 0.1) is 5.92 Å². The van der Waals surface area contributed by atoms with E-state index in [1.165, 1.54) is 18.2 Å². The average Bonchev–Trinajstić information content (AvgIpc) is 2.04. The Morgan fingerprint density at radius 3 is 2.54 bits per heavy atom. The van der Waals surface area contributed by atoms with Crippen molar-refractivity contribution in [2.24, 2.45) is 5.92 Å². The third-order valence-corrected chi connectivity index (χ3v) is 1.79. The Morgan fingerprint density at radius 1 is 1.46 bits per heavy atom. The minimum atomic E-state index is -4.13. The topological polar surface area (TPSA) is 0 Å². The zero-order chi connectivity index (χ0) is 9.90. The van der Waals surface area contributed by atoms with Gasteiger partial charge in [0, 0.05) is 5.57 Å². The molecule has 0 aliphatic heterocycles. The fourth-order valence-corrected chi connectivity index (χ4v) is 1.10. The van der Waals surface area contributed by atoms with Crippen molar-refractivity contribution in [1.29, 1.82) is 0 Å². The molecule has 3 heteroatoms. The second kappa shape index (κ2) is 3.69. The van der Waals surface area contributed by atoms with Gasteiger partial charge in [-0.05, 0) is 13.3 Å². The van der Waals surface area contributed by atoms with Gasteiger partial charge in [-0.2, -0.15) is 13.2 Å². The molecule has 0 saturated heterocycles. The van der Waals surface area contributed by atoms with Crippen LogP contribution < -0.4 is 0 Å². The van der Waals surface area contributed by atoms with Crippen LogP contribution in [0.4, 0.5) is 13.2 Å². The van der Waals surface area contributed by atoms with Crippen molar-refractivity contribution in [3.8, 4) is 11.8 Å². The van der Waals surface area contributed by atoms with E-state index in [-0.39, 0.29) is 6.42 Å². The largest absolute Gasteiger partial charge is 0.395 e. The molecule has 0 spiro atoms. The summed E-state index contributed by atoms with van der Waals surface area (Å²) >= 11 is 0. The van der Waals surface area contributed by atoms with Crippen LogP contribution in [0.15, 0.2) is 23.8 Å². The summed E-state index contributed by atoms with van der Waals surface area (Å²) in [6, 6.07) is 0. The van der Waals surface area contributed by atoms with E-state index in [9.17, 15) is 13.2 Å². The Hall–Kier alpha value is -1.17. The number of rotatable bonds is 0. The van der Waals surface area contributed by atoms with Crippen LogP contribution >= 0.6 is 0 Å². The van der Waals surface area contributed by atoms with Gasteiger partial charge in [-0.15, -0.1) is 5.92 Å². The summed E-state index contributed by atoms with van der Waals surface area (Å²) < 4.78 is 36.4. The summed E-state index contributed by atoms with van der Waals surface area (Å²) in [5.41, 5.74) is 0.669. The highest BCUT2D eigenvalue weighted by molar-refractivity contribution is 5.40. The molecule has 0 N–H and O–H groups in total. The Labute approximate surface area is 75.1 Å². The van der Waals surface area contributed by atoms with Crippen LogP contribution in [0.1, 0.15) is 13.3 Å². The molecule has 1 unspecified atom stereocenters. The number of alkyl halides is 3. The molecular formula is C10H9F3. The van der Waals surface area contributed by atoms with E-state index in [2.05, 4.69) is 11.8 Å². The maximum absolute atomic E-state index is 12.1. The van der Waals surface area contributed by atoms with Gasteiger partial charge < -0.3 is 0 Å². The lowest BCUT2D eigenvalue weighted by molar-refractivity contribution is -0.160. The summed E-state index contributed by atoms with van der Waals surface area (Å²) in [6.07, 6.45) is -0.00528. The summed E-state index contributed by atoms with van der Waals surface area (Å²) in [5, 5.41) is 0. The SMILES string of the molecule is CC#CC1=CCC(C(F)(F)F)C=C1.